The summed E-state index contributed by atoms with van der Waals surface area (Å²) in [6.07, 6.45) is 6.89. The normalized spacial score (nSPS) is 13.9. The summed E-state index contributed by atoms with van der Waals surface area (Å²) in [5.74, 6) is 0. The molecule has 0 N–H and O–H groups in total. The van der Waals surface area contributed by atoms with E-state index in [1.807, 2.05) is 18.5 Å². The standard InChI is InChI=1S/C24H20N4O/c1-27-10-7-19-12-17(2-4-22(19)27)18-3-5-23-21(13-18)26-24(29-23)28-11-8-16-6-9-25-14-20(16)15-28/h2-7,9-10,12-14H,8,11,15H2,1H3. The highest BCUT2D eigenvalue weighted by molar-refractivity contribution is 5.88. The van der Waals surface area contributed by atoms with E-state index in [0.717, 1.165) is 36.2 Å². The van der Waals surface area contributed by atoms with Crippen LogP contribution in [-0.4, -0.2) is 21.1 Å². The van der Waals surface area contributed by atoms with E-state index in [9.17, 15) is 0 Å². The first-order valence-corrected chi connectivity index (χ1v) is 9.87. The van der Waals surface area contributed by atoms with E-state index in [-0.39, 0.29) is 0 Å². The molecule has 0 fully saturated rings. The van der Waals surface area contributed by atoms with Crippen LogP contribution >= 0.6 is 0 Å². The lowest BCUT2D eigenvalue weighted by Gasteiger charge is -2.26. The zero-order valence-corrected chi connectivity index (χ0v) is 16.2. The number of aromatic nitrogens is 3. The molecule has 0 saturated heterocycles. The number of rotatable bonds is 2. The third-order valence-electron chi connectivity index (χ3n) is 5.88. The molecule has 142 valence electrons. The van der Waals surface area contributed by atoms with E-state index in [2.05, 4.69) is 70.2 Å². The Morgan fingerprint density at radius 3 is 2.83 bits per heavy atom. The summed E-state index contributed by atoms with van der Waals surface area (Å²) in [5.41, 5.74) is 7.90. The van der Waals surface area contributed by atoms with Crippen molar-refractivity contribution in [2.45, 2.75) is 13.0 Å². The maximum atomic E-state index is 6.08. The first kappa shape index (κ1) is 16.4. The Morgan fingerprint density at radius 2 is 1.86 bits per heavy atom. The molecule has 0 spiro atoms. The summed E-state index contributed by atoms with van der Waals surface area (Å²) < 4.78 is 8.22. The Balaban J connectivity index is 1.35. The number of benzene rings is 2. The predicted molar refractivity (Wildman–Crippen MR) is 115 cm³/mol. The molecule has 2 aromatic carbocycles. The first-order chi connectivity index (χ1) is 14.2. The minimum absolute atomic E-state index is 0.685. The van der Waals surface area contributed by atoms with E-state index in [1.54, 1.807) is 0 Å². The molecular weight excluding hydrogens is 360 g/mol. The van der Waals surface area contributed by atoms with Crippen LogP contribution in [0.15, 0.2) is 71.5 Å². The van der Waals surface area contributed by atoms with E-state index < -0.39 is 0 Å². The predicted octanol–water partition coefficient (Wildman–Crippen LogP) is 4.94. The quantitative estimate of drug-likeness (QED) is 0.435. The van der Waals surface area contributed by atoms with Crippen molar-refractivity contribution < 1.29 is 4.42 Å². The second-order valence-electron chi connectivity index (χ2n) is 7.70. The van der Waals surface area contributed by atoms with Crippen molar-refractivity contribution in [1.29, 1.82) is 0 Å². The van der Waals surface area contributed by atoms with Crippen LogP contribution in [0.1, 0.15) is 11.1 Å². The van der Waals surface area contributed by atoms with Gasteiger partial charge in [0.2, 0.25) is 0 Å². The Hall–Kier alpha value is -3.60. The third kappa shape index (κ3) is 2.70. The van der Waals surface area contributed by atoms with Gasteiger partial charge in [-0.05, 0) is 65.1 Å². The number of hydrogen-bond acceptors (Lipinski definition) is 4. The zero-order chi connectivity index (χ0) is 19.4. The Labute approximate surface area is 168 Å². The van der Waals surface area contributed by atoms with Crippen LogP contribution in [0.2, 0.25) is 0 Å². The van der Waals surface area contributed by atoms with Gasteiger partial charge in [-0.15, -0.1) is 0 Å². The van der Waals surface area contributed by atoms with Crippen molar-refractivity contribution in [3.8, 4) is 11.1 Å². The second-order valence-corrected chi connectivity index (χ2v) is 7.70. The lowest BCUT2D eigenvalue weighted by atomic mass is 10.0. The molecule has 0 unspecified atom stereocenters. The van der Waals surface area contributed by atoms with Crippen LogP contribution in [0.3, 0.4) is 0 Å². The van der Waals surface area contributed by atoms with Crippen molar-refractivity contribution in [2.75, 3.05) is 11.4 Å². The van der Waals surface area contributed by atoms with Gasteiger partial charge in [-0.25, -0.2) is 0 Å². The Kier molecular flexibility index (Phi) is 3.50. The number of aryl methyl sites for hydroxylation is 1. The van der Waals surface area contributed by atoms with Gasteiger partial charge in [0.15, 0.2) is 5.58 Å². The van der Waals surface area contributed by atoms with Gasteiger partial charge in [0.25, 0.3) is 6.01 Å². The monoisotopic (exact) mass is 380 g/mol. The number of nitrogens with zero attached hydrogens (tertiary/aromatic N) is 4. The molecule has 1 aliphatic heterocycles. The molecule has 0 amide bonds. The van der Waals surface area contributed by atoms with E-state index in [0.29, 0.717) is 6.01 Å². The molecule has 0 saturated carbocycles. The van der Waals surface area contributed by atoms with Crippen molar-refractivity contribution in [2.24, 2.45) is 7.05 Å². The Morgan fingerprint density at radius 1 is 0.966 bits per heavy atom. The number of oxazole rings is 1. The van der Waals surface area contributed by atoms with Crippen LogP contribution in [0.4, 0.5) is 6.01 Å². The molecule has 0 aliphatic carbocycles. The molecule has 0 radical (unpaired) electrons. The lowest BCUT2D eigenvalue weighted by Crippen LogP contribution is -2.30. The lowest BCUT2D eigenvalue weighted by molar-refractivity contribution is 0.554. The largest absolute Gasteiger partial charge is 0.423 e. The Bertz CT molecular complexity index is 1360. The summed E-state index contributed by atoms with van der Waals surface area (Å²) in [6, 6.07) is 17.7. The molecule has 1 aliphatic rings. The van der Waals surface area contributed by atoms with Gasteiger partial charge in [-0.3, -0.25) is 4.98 Å². The van der Waals surface area contributed by atoms with Crippen molar-refractivity contribution in [3.63, 3.8) is 0 Å². The van der Waals surface area contributed by atoms with Crippen LogP contribution in [-0.2, 0) is 20.0 Å². The van der Waals surface area contributed by atoms with Gasteiger partial charge in [0, 0.05) is 49.6 Å². The minimum atomic E-state index is 0.685. The number of pyridine rings is 1. The molecular formula is C24H20N4O. The zero-order valence-electron chi connectivity index (χ0n) is 16.2. The topological polar surface area (TPSA) is 47.1 Å². The van der Waals surface area contributed by atoms with Gasteiger partial charge >= 0.3 is 0 Å². The highest BCUT2D eigenvalue weighted by Crippen LogP contribution is 2.31. The maximum absolute atomic E-state index is 6.08. The number of anilines is 1. The summed E-state index contributed by atoms with van der Waals surface area (Å²) in [4.78, 5) is 11.2. The van der Waals surface area contributed by atoms with Crippen molar-refractivity contribution >= 4 is 28.0 Å². The summed E-state index contributed by atoms with van der Waals surface area (Å²) in [6.45, 7) is 1.69. The molecule has 0 bridgehead atoms. The van der Waals surface area contributed by atoms with Crippen molar-refractivity contribution in [1.82, 2.24) is 14.5 Å². The average molecular weight is 380 g/mol. The van der Waals surface area contributed by atoms with Crippen LogP contribution in [0, 0.1) is 0 Å². The van der Waals surface area contributed by atoms with Crippen molar-refractivity contribution in [3.05, 3.63) is 78.2 Å². The van der Waals surface area contributed by atoms with E-state index in [1.165, 1.54) is 27.6 Å². The van der Waals surface area contributed by atoms with Gasteiger partial charge in [-0.1, -0.05) is 12.1 Å². The SMILES string of the molecule is Cn1ccc2cc(-c3ccc4oc(N5CCc6ccncc6C5)nc4c3)ccc21. The summed E-state index contributed by atoms with van der Waals surface area (Å²) in [5, 5.41) is 1.24. The van der Waals surface area contributed by atoms with Crippen LogP contribution < -0.4 is 4.90 Å². The molecule has 29 heavy (non-hydrogen) atoms. The molecule has 5 nitrogen and oxygen atoms in total. The van der Waals surface area contributed by atoms with Crippen LogP contribution in [0.25, 0.3) is 33.1 Å². The molecule has 0 atom stereocenters. The number of hydrogen-bond donors (Lipinski definition) is 0. The molecule has 5 aromatic rings. The molecule has 6 rings (SSSR count). The van der Waals surface area contributed by atoms with Crippen LogP contribution in [0.5, 0.6) is 0 Å². The fourth-order valence-corrected chi connectivity index (χ4v) is 4.24. The molecule has 5 heteroatoms. The summed E-state index contributed by atoms with van der Waals surface area (Å²) in [7, 11) is 2.07. The molecule has 4 heterocycles. The fraction of sp³-hybridized carbons (Fsp3) is 0.167. The van der Waals surface area contributed by atoms with Gasteiger partial charge in [-0.2, -0.15) is 4.98 Å². The fourth-order valence-electron chi connectivity index (χ4n) is 4.24. The second kappa shape index (κ2) is 6.21. The highest BCUT2D eigenvalue weighted by atomic mass is 16.4. The molecule has 3 aromatic heterocycles. The highest BCUT2D eigenvalue weighted by Gasteiger charge is 2.21. The number of fused-ring (bicyclic) bond motifs is 3. The first-order valence-electron chi connectivity index (χ1n) is 9.87. The third-order valence-corrected chi connectivity index (χ3v) is 5.88. The van der Waals surface area contributed by atoms with Gasteiger partial charge in [0.1, 0.15) is 5.52 Å². The smallest absolute Gasteiger partial charge is 0.298 e. The maximum Gasteiger partial charge on any atom is 0.298 e. The van der Waals surface area contributed by atoms with E-state index >= 15 is 0 Å². The van der Waals surface area contributed by atoms with Gasteiger partial charge in [0.05, 0.1) is 0 Å². The van der Waals surface area contributed by atoms with E-state index in [4.69, 9.17) is 9.40 Å². The summed E-state index contributed by atoms with van der Waals surface area (Å²) >= 11 is 0. The van der Waals surface area contributed by atoms with Gasteiger partial charge < -0.3 is 13.9 Å². The average Bonchev–Trinajstić information content (AvgIpc) is 3.36. The minimum Gasteiger partial charge on any atom is -0.423 e.